The van der Waals surface area contributed by atoms with Gasteiger partial charge in [0, 0.05) is 48.8 Å². The van der Waals surface area contributed by atoms with Crippen molar-refractivity contribution in [3.63, 3.8) is 0 Å². The first kappa shape index (κ1) is 38.6. The molecule has 10 nitrogen and oxygen atoms in total. The maximum absolute atomic E-state index is 14.1. The number of aromatic nitrogens is 1. The number of aliphatic hydroxyl groups excluding tert-OH is 1. The maximum Gasteiger partial charge on any atom is 0.280 e. The molecule has 0 unspecified atom stereocenters. The van der Waals surface area contributed by atoms with Crippen molar-refractivity contribution in [1.82, 2.24) is 20.5 Å². The topological polar surface area (TPSA) is 141 Å². The van der Waals surface area contributed by atoms with Crippen molar-refractivity contribution in [2.45, 2.75) is 70.2 Å². The molecule has 0 saturated heterocycles. The minimum Gasteiger partial charge on any atom is -0.390 e. The molecule has 50 heavy (non-hydrogen) atoms. The zero-order valence-electron chi connectivity index (χ0n) is 28.3. The predicted molar refractivity (Wildman–Crippen MR) is 191 cm³/mol. The molecule has 0 saturated carbocycles. The normalized spacial score (nSPS) is 12.7. The van der Waals surface area contributed by atoms with Crippen molar-refractivity contribution in [1.29, 1.82) is 0 Å². The third kappa shape index (κ3) is 10.9. The first-order valence-electron chi connectivity index (χ1n) is 16.5. The number of nitrogens with one attached hydrogen (secondary N) is 3. The summed E-state index contributed by atoms with van der Waals surface area (Å²) >= 11 is 1.09. The summed E-state index contributed by atoms with van der Waals surface area (Å²) in [6, 6.07) is 13.9. The van der Waals surface area contributed by atoms with Crippen LogP contribution in [0.25, 0.3) is 0 Å². The molecule has 0 radical (unpaired) electrons. The molecule has 268 valence electrons. The van der Waals surface area contributed by atoms with E-state index in [1.807, 2.05) is 38.1 Å². The summed E-state index contributed by atoms with van der Waals surface area (Å²) < 4.78 is 56.8. The molecule has 1 heterocycles. The second-order valence-corrected chi connectivity index (χ2v) is 14.3. The molecule has 0 aliphatic heterocycles. The molecule has 0 spiro atoms. The Balaban J connectivity index is 1.64. The minimum atomic E-state index is -4.15. The number of benzene rings is 3. The van der Waals surface area contributed by atoms with Gasteiger partial charge in [0.05, 0.1) is 23.3 Å². The van der Waals surface area contributed by atoms with Gasteiger partial charge in [-0.2, -0.15) is 8.42 Å². The van der Waals surface area contributed by atoms with Crippen LogP contribution in [-0.2, 0) is 29.4 Å². The van der Waals surface area contributed by atoms with Crippen molar-refractivity contribution in [2.24, 2.45) is 0 Å². The van der Waals surface area contributed by atoms with Gasteiger partial charge in [-0.05, 0) is 72.7 Å². The van der Waals surface area contributed by atoms with E-state index >= 15 is 0 Å². The van der Waals surface area contributed by atoms with Gasteiger partial charge in [-0.3, -0.25) is 14.3 Å². The molecule has 0 bridgehead atoms. The number of anilines is 1. The van der Waals surface area contributed by atoms with E-state index in [9.17, 15) is 31.9 Å². The summed E-state index contributed by atoms with van der Waals surface area (Å²) in [5.74, 6) is -2.73. The molecule has 2 atom stereocenters. The van der Waals surface area contributed by atoms with Gasteiger partial charge in [-0.1, -0.05) is 45.0 Å². The van der Waals surface area contributed by atoms with Crippen LogP contribution in [0, 0.1) is 11.6 Å². The number of sulfonamides is 1. The van der Waals surface area contributed by atoms with Gasteiger partial charge in [0.15, 0.2) is 5.03 Å². The van der Waals surface area contributed by atoms with E-state index in [1.54, 1.807) is 4.90 Å². The Morgan fingerprint density at radius 2 is 1.60 bits per heavy atom. The van der Waals surface area contributed by atoms with E-state index in [0.717, 1.165) is 47.1 Å². The van der Waals surface area contributed by atoms with Crippen LogP contribution in [0.2, 0.25) is 0 Å². The number of hydrogen-bond acceptors (Lipinski definition) is 8. The number of aliphatic hydroxyl groups is 1. The lowest BCUT2D eigenvalue weighted by molar-refractivity contribution is 0.0755. The van der Waals surface area contributed by atoms with Gasteiger partial charge in [0.2, 0.25) is 0 Å². The number of nitrogens with zero attached hydrogens (tertiary/aromatic N) is 2. The number of carbonyl (C=O) groups is 2. The number of hydrogen-bond donors (Lipinski definition) is 4. The monoisotopic (exact) mass is 727 g/mol. The average molecular weight is 728 g/mol. The van der Waals surface area contributed by atoms with Crippen LogP contribution in [0.4, 0.5) is 14.5 Å². The lowest BCUT2D eigenvalue weighted by Crippen LogP contribution is -2.48. The first-order chi connectivity index (χ1) is 23.9. The van der Waals surface area contributed by atoms with E-state index in [-0.39, 0.29) is 46.3 Å². The smallest absolute Gasteiger partial charge is 0.280 e. The lowest BCUT2D eigenvalue weighted by atomic mass is 9.99. The Bertz CT molecular complexity index is 1830. The molecular formula is C36H43F2N5O5S2. The van der Waals surface area contributed by atoms with E-state index < -0.39 is 39.7 Å². The first-order valence-corrected chi connectivity index (χ1v) is 18.9. The Labute approximate surface area is 296 Å². The van der Waals surface area contributed by atoms with Crippen LogP contribution in [0.5, 0.6) is 0 Å². The number of rotatable bonds is 18. The summed E-state index contributed by atoms with van der Waals surface area (Å²) in [7, 11) is -4.15. The summed E-state index contributed by atoms with van der Waals surface area (Å²) in [6.07, 6.45) is 0.903. The lowest BCUT2D eigenvalue weighted by Gasteiger charge is -2.26. The van der Waals surface area contributed by atoms with E-state index in [4.69, 9.17) is 0 Å². The second-order valence-electron chi connectivity index (χ2n) is 12.0. The molecule has 1 aromatic heterocycles. The van der Waals surface area contributed by atoms with Crippen molar-refractivity contribution >= 4 is 38.9 Å². The van der Waals surface area contributed by atoms with Crippen LogP contribution < -0.4 is 15.4 Å². The Kier molecular flexibility index (Phi) is 14.0. The quantitative estimate of drug-likeness (QED) is 0.106. The largest absolute Gasteiger partial charge is 0.390 e. The highest BCUT2D eigenvalue weighted by Crippen LogP contribution is 2.22. The van der Waals surface area contributed by atoms with E-state index in [1.165, 1.54) is 29.1 Å². The fraction of sp³-hybridized carbons (Fsp3) is 0.361. The van der Waals surface area contributed by atoms with Crippen LogP contribution in [-0.4, -0.2) is 67.0 Å². The van der Waals surface area contributed by atoms with Gasteiger partial charge in [0.25, 0.3) is 21.8 Å². The highest BCUT2D eigenvalue weighted by Gasteiger charge is 2.26. The average Bonchev–Trinajstić information content (AvgIpc) is 3.63. The van der Waals surface area contributed by atoms with Crippen LogP contribution in [0.1, 0.15) is 71.0 Å². The Morgan fingerprint density at radius 1 is 0.920 bits per heavy atom. The van der Waals surface area contributed by atoms with Gasteiger partial charge < -0.3 is 20.6 Å². The number of aryl methyl sites for hydroxylation is 1. The summed E-state index contributed by atoms with van der Waals surface area (Å²) in [4.78, 5) is 33.0. The van der Waals surface area contributed by atoms with Crippen molar-refractivity contribution in [2.75, 3.05) is 24.4 Å². The van der Waals surface area contributed by atoms with Crippen LogP contribution >= 0.6 is 11.3 Å². The molecule has 4 N–H and O–H groups in total. The fourth-order valence-electron chi connectivity index (χ4n) is 5.50. The number of amides is 2. The third-order valence-electron chi connectivity index (χ3n) is 7.89. The highest BCUT2D eigenvalue weighted by atomic mass is 32.2. The molecule has 4 rings (SSSR count). The van der Waals surface area contributed by atoms with Crippen LogP contribution in [0.15, 0.2) is 76.6 Å². The van der Waals surface area contributed by atoms with Crippen molar-refractivity contribution in [3.05, 3.63) is 111 Å². The molecule has 14 heteroatoms. The molecular weight excluding hydrogens is 685 g/mol. The second kappa shape index (κ2) is 18.1. The van der Waals surface area contributed by atoms with Gasteiger partial charge in [-0.15, -0.1) is 11.3 Å². The third-order valence-corrected chi connectivity index (χ3v) is 9.91. The van der Waals surface area contributed by atoms with Crippen LogP contribution in [0.3, 0.4) is 0 Å². The van der Waals surface area contributed by atoms with Crippen molar-refractivity contribution in [3.8, 4) is 0 Å². The summed E-state index contributed by atoms with van der Waals surface area (Å²) in [5, 5.41) is 18.4. The standard InChI is InChI=1S/C36H43F2N5O5S2/c1-4-10-43(11-5-2)36(46)28-16-27(17-31(18-28)42-50(47,48)34-22-49-23-40-34)35(45)41-32(15-26-13-29(37)19-30(38)14-26)33(44)21-39-20-25-9-7-8-24(6-3)12-25/h7-9,12-14,16-19,22-23,32-33,39,42,44H,4-6,10-11,15,20-21H2,1-3H3,(H,41,45)/t32-,33+/m0/s1. The molecule has 3 aromatic carbocycles. The Hall–Kier alpha value is -4.24. The predicted octanol–water partition coefficient (Wildman–Crippen LogP) is 5.54. The molecule has 0 aliphatic rings. The highest BCUT2D eigenvalue weighted by molar-refractivity contribution is 7.92. The summed E-state index contributed by atoms with van der Waals surface area (Å²) in [6.45, 7) is 7.28. The van der Waals surface area contributed by atoms with E-state index in [0.29, 0.717) is 32.5 Å². The van der Waals surface area contributed by atoms with Crippen molar-refractivity contribution < 1.29 is 31.9 Å². The number of carbonyl (C=O) groups excluding carboxylic acids is 2. The summed E-state index contributed by atoms with van der Waals surface area (Å²) in [5.41, 5.74) is 3.71. The molecule has 0 fully saturated rings. The van der Waals surface area contributed by atoms with E-state index in [2.05, 4.69) is 27.3 Å². The van der Waals surface area contributed by atoms with Gasteiger partial charge >= 0.3 is 0 Å². The van der Waals surface area contributed by atoms with Gasteiger partial charge in [0.1, 0.15) is 11.6 Å². The SMILES string of the molecule is CCCN(CCC)C(=O)c1cc(NS(=O)(=O)c2cscn2)cc(C(=O)N[C@@H](Cc2cc(F)cc(F)c2)[C@H](O)CNCc2cccc(CC)c2)c1. The maximum atomic E-state index is 14.1. The zero-order valence-corrected chi connectivity index (χ0v) is 29.9. The minimum absolute atomic E-state index is 0.0271. The molecule has 2 amide bonds. The molecule has 0 aliphatic carbocycles. The fourth-order valence-corrected chi connectivity index (χ4v) is 7.38. The van der Waals surface area contributed by atoms with Gasteiger partial charge in [-0.25, -0.2) is 13.8 Å². The number of thiazole rings is 1. The Morgan fingerprint density at radius 3 is 2.24 bits per heavy atom. The number of halogens is 2. The molecule has 4 aromatic rings. The zero-order chi connectivity index (χ0) is 36.3.